The van der Waals surface area contributed by atoms with Crippen LogP contribution < -0.4 is 29.9 Å². The molecule has 0 saturated carbocycles. The second-order valence-corrected chi connectivity index (χ2v) is 35.2. The van der Waals surface area contributed by atoms with Gasteiger partial charge in [0.25, 0.3) is 0 Å². The fourth-order valence-electron chi connectivity index (χ4n) is 14.8. The van der Waals surface area contributed by atoms with Crippen molar-refractivity contribution in [3.05, 3.63) is 403 Å². The monoisotopic (exact) mass is 2060 g/mol. The second-order valence-electron chi connectivity index (χ2n) is 31.7. The molecule has 0 fully saturated rings. The molecule has 2 aromatic heterocycles. The van der Waals surface area contributed by atoms with Gasteiger partial charge in [0.1, 0.15) is 48.6 Å². The van der Waals surface area contributed by atoms with Crippen LogP contribution in [0, 0.1) is 22.7 Å². The van der Waals surface area contributed by atoms with Crippen LogP contribution >= 0.6 is 44.7 Å². The Balaban J connectivity index is 0.000000166. The summed E-state index contributed by atoms with van der Waals surface area (Å²) in [6, 6.07) is 96.9. The van der Waals surface area contributed by atoms with Crippen molar-refractivity contribution < 1.29 is 80.1 Å². The van der Waals surface area contributed by atoms with Crippen LogP contribution in [-0.2, 0) is 72.9 Å². The number of aliphatic hydroxyl groups is 3. The summed E-state index contributed by atoms with van der Waals surface area (Å²) < 4.78 is 91.4. The number of allylic oxidation sites excluding steroid dienone is 4. The quantitative estimate of drug-likeness (QED) is 0.00779. The van der Waals surface area contributed by atoms with E-state index >= 15 is 0 Å². The number of fused-ring (bicyclic) bond motifs is 4. The maximum absolute atomic E-state index is 12.5. The summed E-state index contributed by atoms with van der Waals surface area (Å²) >= 11 is 10.2. The molecule has 0 aliphatic heterocycles. The third kappa shape index (κ3) is 32.8. The Morgan fingerprint density at radius 3 is 1.21 bits per heavy atom. The van der Waals surface area contributed by atoms with Crippen molar-refractivity contribution in [2.75, 3.05) is 32.3 Å². The second kappa shape index (κ2) is 56.1. The molecule has 7 N–H and O–H groups in total. The Kier molecular flexibility index (Phi) is 42.9. The van der Waals surface area contributed by atoms with Gasteiger partial charge in [0, 0.05) is 46.3 Å². The molecule has 18 rings (SSSR count). The van der Waals surface area contributed by atoms with Gasteiger partial charge in [-0.3, -0.25) is 0 Å². The Hall–Kier alpha value is -13.5. The van der Waals surface area contributed by atoms with E-state index in [1.54, 1.807) is 43.5 Å². The van der Waals surface area contributed by atoms with Gasteiger partial charge >= 0.3 is 54.6 Å². The molecule has 721 valence electrons. The number of nitrogens with zero attached hydrogens (tertiary/aromatic N) is 11. The molecular weight excluding hydrogens is 1960 g/mol. The number of methoxy groups -OCH3 is 1. The molecule has 35 heteroatoms. The standard InChI is InChI=1S/C27H25BrN4O2.C27H26N4O2.C18H15F3O4S.C18H15NO.C7H6BNO2.C6H7BO2.C3H7BrO.BHNS/c28-25-14-11-22-17-23(34-18-19-5-2-1-3-6-19)12-13-24(22)26(25)20-7-9-21(10-8-20)27-29-31-32(30-27)15-4-16-33;32-17-5-16-31-29-27(28-30-31)22-12-10-21(11-13-22)25-9-4-8-23-18-24(14-15-26(23)25)33-19-20-6-2-1-3-7-20;19-18(20,21)26(22,23)25-17-8-4-7-14-11-15(9-10-16(14)17)24-12-13-5-2-1-3-6-13;1-20-16-9-10-18-15(11-16)3-2-4-17(18)14-7-5-13(12-19)6-8-14;9-5-6-1-3-7(4-2-6)8(10)11;8-7(9)6-4-2-1-3-5-6;4-2-1-3-5;1-2-3/h1-3,5-10,12-13,17,33H,4,11,14-16,18H2;1-3,6-7,9-15,18,32H,4-5,8,16-17,19H2;1-3,5-6,8-11H,4,7,12H2;4-11H,2-3H2,1H3;1-4,10-11H;1-5,8-9H;5H,1-3H2;3H. The van der Waals surface area contributed by atoms with E-state index in [1.165, 1.54) is 112 Å². The van der Waals surface area contributed by atoms with Crippen molar-refractivity contribution in [2.24, 2.45) is 4.30 Å². The first-order valence-electron chi connectivity index (χ1n) is 45.0. The van der Waals surface area contributed by atoms with E-state index in [9.17, 15) is 21.6 Å². The van der Waals surface area contributed by atoms with Crippen molar-refractivity contribution in [3.8, 4) is 57.9 Å². The van der Waals surface area contributed by atoms with E-state index in [0.29, 0.717) is 116 Å². The van der Waals surface area contributed by atoms with E-state index in [4.69, 9.17) is 64.9 Å². The Morgan fingerprint density at radius 2 is 0.816 bits per heavy atom. The number of thiol groups is 1. The predicted molar refractivity (Wildman–Crippen MR) is 552 cm³/mol. The third-order valence-corrected chi connectivity index (χ3v) is 24.2. The number of aromatic nitrogens is 8. The summed E-state index contributed by atoms with van der Waals surface area (Å²) in [6.45, 7) is 3.11. The number of halogens is 5. The number of aryl methyl sites for hydroxylation is 6. The number of hydrogen-bond donors (Lipinski definition) is 8. The first-order chi connectivity index (χ1) is 68.4. The van der Waals surface area contributed by atoms with Crippen LogP contribution in [0.5, 0.6) is 23.0 Å². The van der Waals surface area contributed by atoms with Gasteiger partial charge in [0.15, 0.2) is 0 Å². The van der Waals surface area contributed by atoms with Crippen LogP contribution in [0.15, 0.2) is 318 Å². The van der Waals surface area contributed by atoms with E-state index in [-0.39, 0.29) is 19.0 Å². The summed E-state index contributed by atoms with van der Waals surface area (Å²) in [5.74, 6) is 4.13. The van der Waals surface area contributed by atoms with Crippen molar-refractivity contribution >= 4 is 110 Å². The normalized spacial score (nSPS) is 12.3. The molecule has 0 saturated heterocycles. The zero-order valence-corrected chi connectivity index (χ0v) is 81.9. The molecule has 12 aromatic carbocycles. The van der Waals surface area contributed by atoms with Crippen molar-refractivity contribution in [1.29, 1.82) is 10.5 Å². The molecule has 0 bridgehead atoms. The maximum atomic E-state index is 12.5. The molecule has 1 radical (unpaired) electrons. The van der Waals surface area contributed by atoms with Gasteiger partial charge in [-0.2, -0.15) is 41.7 Å². The van der Waals surface area contributed by atoms with Gasteiger partial charge in [-0.25, -0.2) is 0 Å². The molecule has 2 heterocycles. The SMILES string of the molecule is COc1ccc2c(c1)CCC=C2c1ccc(C#N)cc1.N#Cc1ccc(B(O)O)cc1.O=S(=O)(OC1=CCCc2cc(OCc3ccccc3)ccc21)C(F)(F)F.OB(O)c1ccccc1.OCCCBr.OCCCn1nnc(-c2ccc(C3=C(Br)CCc4cc(OCc5ccccc5)ccc43)cc2)n1.OCCCn1nnc(-c2ccc(C3=CCCc4cc(OCc5ccccc5)ccc43)cc2)n1.[B]=NS. The predicted octanol–water partition coefficient (Wildman–Crippen LogP) is 18.0. The molecule has 0 atom stereocenters. The number of ether oxygens (including phenoxy) is 4. The topological polar surface area (TPSA) is 369 Å². The van der Waals surface area contributed by atoms with Crippen LogP contribution in [-0.4, -0.2) is 144 Å². The van der Waals surface area contributed by atoms with Crippen LogP contribution in [0.25, 0.3) is 45.3 Å². The van der Waals surface area contributed by atoms with Crippen LogP contribution in [0.2, 0.25) is 0 Å². The van der Waals surface area contributed by atoms with E-state index in [0.717, 1.165) is 101 Å². The first-order valence-corrected chi connectivity index (χ1v) is 48.7. The van der Waals surface area contributed by atoms with E-state index < -0.39 is 29.9 Å². The summed E-state index contributed by atoms with van der Waals surface area (Å²) in [5, 5.41) is 104. The number of aliphatic hydroxyl groups excluding tert-OH is 3. The van der Waals surface area contributed by atoms with Crippen LogP contribution in [0.1, 0.15) is 134 Å². The summed E-state index contributed by atoms with van der Waals surface area (Å²) in [4.78, 5) is 3.05. The number of alkyl halides is 4. The van der Waals surface area contributed by atoms with Gasteiger partial charge in [0.2, 0.25) is 11.6 Å². The molecule has 14 aromatic rings. The molecule has 0 unspecified atom stereocenters. The summed E-state index contributed by atoms with van der Waals surface area (Å²) in [7, 11) is -2.46. The van der Waals surface area contributed by atoms with E-state index in [1.807, 2.05) is 133 Å². The molecule has 0 amide bonds. The van der Waals surface area contributed by atoms with Crippen molar-refractivity contribution in [1.82, 2.24) is 40.4 Å². The van der Waals surface area contributed by atoms with Gasteiger partial charge in [-0.05, 0) is 266 Å². The summed E-state index contributed by atoms with van der Waals surface area (Å²) in [6.07, 6.45) is 15.0. The number of hydrogen-bond acceptors (Lipinski definition) is 24. The fourth-order valence-corrected chi connectivity index (χ4v) is 16.2. The Labute approximate surface area is 841 Å². The molecular formula is C106H102B3Br2F3N11O14S2. The minimum absolute atomic E-state index is 0.109. The van der Waals surface area contributed by atoms with Gasteiger partial charge in [-0.15, -0.1) is 20.4 Å². The van der Waals surface area contributed by atoms with Gasteiger partial charge < -0.3 is 58.5 Å². The van der Waals surface area contributed by atoms with Gasteiger partial charge in [-0.1, -0.05) is 256 Å². The first kappa shape index (κ1) is 108. The van der Waals surface area contributed by atoms with Crippen LogP contribution in [0.3, 0.4) is 0 Å². The third-order valence-electron chi connectivity index (χ3n) is 21.9. The molecule has 0 spiro atoms. The summed E-state index contributed by atoms with van der Waals surface area (Å²) in [5.41, 5.74) is 17.6. The van der Waals surface area contributed by atoms with E-state index in [2.05, 4.69) is 207 Å². The Bertz CT molecular complexity index is 6690. The van der Waals surface area contributed by atoms with Crippen molar-refractivity contribution in [2.45, 2.75) is 109 Å². The zero-order chi connectivity index (χ0) is 100. The molecule has 4 aliphatic rings. The molecule has 141 heavy (non-hydrogen) atoms. The number of rotatable bonds is 27. The fraction of sp³-hybridized carbons (Fsp3) is 0.208. The Morgan fingerprint density at radius 1 is 0.461 bits per heavy atom. The van der Waals surface area contributed by atoms with Crippen molar-refractivity contribution in [3.63, 3.8) is 0 Å². The zero-order valence-electron chi connectivity index (χ0n) is 77.0. The average Bonchev–Trinajstić information content (AvgIpc) is 1.16. The number of nitriles is 2. The number of tetrazole rings is 2. The molecule has 4 aliphatic carbocycles. The minimum atomic E-state index is -5.70. The average molecular weight is 2070 g/mol. The number of benzene rings is 12. The van der Waals surface area contributed by atoms with Gasteiger partial charge in [0.05, 0.1) is 43.5 Å². The molecule has 25 nitrogen and oxygen atoms in total. The van der Waals surface area contributed by atoms with Crippen LogP contribution in [0.4, 0.5) is 13.2 Å².